The lowest BCUT2D eigenvalue weighted by molar-refractivity contribution is -0.153. The van der Waals surface area contributed by atoms with Crippen LogP contribution in [-0.4, -0.2) is 16.8 Å². The van der Waals surface area contributed by atoms with Gasteiger partial charge in [-0.25, -0.2) is 0 Å². The van der Waals surface area contributed by atoms with Gasteiger partial charge in [-0.05, 0) is 39.1 Å². The molecular formula is C11H16O2S2. The maximum atomic E-state index is 11.6. The van der Waals surface area contributed by atoms with E-state index in [9.17, 15) is 4.79 Å². The molecule has 0 saturated heterocycles. The molecule has 1 aromatic rings. The highest BCUT2D eigenvalue weighted by molar-refractivity contribution is 8.02. The Kier molecular flexibility index (Phi) is 4.22. The second-order valence-electron chi connectivity index (χ2n) is 4.23. The van der Waals surface area contributed by atoms with E-state index in [0.29, 0.717) is 0 Å². The summed E-state index contributed by atoms with van der Waals surface area (Å²) in [6, 6.07) is 3.99. The number of esters is 1. The molecule has 0 aliphatic carbocycles. The highest BCUT2D eigenvalue weighted by Gasteiger charge is 2.22. The molecule has 1 atom stereocenters. The Morgan fingerprint density at radius 2 is 2.20 bits per heavy atom. The van der Waals surface area contributed by atoms with E-state index in [1.54, 1.807) is 23.1 Å². The van der Waals surface area contributed by atoms with Crippen molar-refractivity contribution in [2.24, 2.45) is 0 Å². The SMILES string of the molecule is CC(Sc1cccs1)C(=O)OC(C)(C)C. The summed E-state index contributed by atoms with van der Waals surface area (Å²) >= 11 is 3.18. The van der Waals surface area contributed by atoms with Gasteiger partial charge in [0.25, 0.3) is 0 Å². The van der Waals surface area contributed by atoms with Gasteiger partial charge in [-0.2, -0.15) is 0 Å². The van der Waals surface area contributed by atoms with Gasteiger partial charge in [0.15, 0.2) is 0 Å². The normalized spacial score (nSPS) is 13.6. The third-order valence-electron chi connectivity index (χ3n) is 1.53. The monoisotopic (exact) mass is 244 g/mol. The smallest absolute Gasteiger partial charge is 0.319 e. The van der Waals surface area contributed by atoms with Crippen LogP contribution in [0.1, 0.15) is 27.7 Å². The summed E-state index contributed by atoms with van der Waals surface area (Å²) in [6.07, 6.45) is 0. The molecule has 0 fully saturated rings. The molecule has 15 heavy (non-hydrogen) atoms. The number of hydrogen-bond donors (Lipinski definition) is 0. The zero-order valence-electron chi connectivity index (χ0n) is 9.44. The number of ether oxygens (including phenoxy) is 1. The molecule has 0 aliphatic heterocycles. The molecule has 0 spiro atoms. The van der Waals surface area contributed by atoms with Gasteiger partial charge in [-0.15, -0.1) is 23.1 Å². The summed E-state index contributed by atoms with van der Waals surface area (Å²) < 4.78 is 6.44. The van der Waals surface area contributed by atoms with Crippen LogP contribution in [0.3, 0.4) is 0 Å². The van der Waals surface area contributed by atoms with Crippen LogP contribution in [0.4, 0.5) is 0 Å². The van der Waals surface area contributed by atoms with E-state index < -0.39 is 5.60 Å². The first kappa shape index (κ1) is 12.6. The van der Waals surface area contributed by atoms with Crippen molar-refractivity contribution in [2.75, 3.05) is 0 Å². The average molecular weight is 244 g/mol. The van der Waals surface area contributed by atoms with Crippen molar-refractivity contribution in [3.63, 3.8) is 0 Å². The number of thiophene rings is 1. The topological polar surface area (TPSA) is 26.3 Å². The molecule has 1 unspecified atom stereocenters. The molecule has 0 bridgehead atoms. The molecule has 84 valence electrons. The fourth-order valence-corrected chi connectivity index (χ4v) is 2.86. The summed E-state index contributed by atoms with van der Waals surface area (Å²) in [4.78, 5) is 11.6. The first-order valence-corrected chi connectivity index (χ1v) is 6.57. The van der Waals surface area contributed by atoms with Gasteiger partial charge in [-0.1, -0.05) is 6.07 Å². The fraction of sp³-hybridized carbons (Fsp3) is 0.545. The predicted octanol–water partition coefficient (Wildman–Crippen LogP) is 3.57. The Bertz CT molecular complexity index is 312. The van der Waals surface area contributed by atoms with Gasteiger partial charge in [0.2, 0.25) is 0 Å². The minimum absolute atomic E-state index is 0.150. The first-order chi connectivity index (χ1) is 6.88. The van der Waals surface area contributed by atoms with Crippen LogP contribution in [0.5, 0.6) is 0 Å². The Morgan fingerprint density at radius 1 is 1.53 bits per heavy atom. The van der Waals surface area contributed by atoms with Crippen LogP contribution in [0.15, 0.2) is 21.7 Å². The van der Waals surface area contributed by atoms with E-state index in [2.05, 4.69) is 0 Å². The molecule has 2 nitrogen and oxygen atoms in total. The lowest BCUT2D eigenvalue weighted by atomic mass is 10.2. The Morgan fingerprint density at radius 3 is 2.67 bits per heavy atom. The van der Waals surface area contributed by atoms with Crippen molar-refractivity contribution in [3.05, 3.63) is 17.5 Å². The van der Waals surface area contributed by atoms with Crippen molar-refractivity contribution in [1.82, 2.24) is 0 Å². The highest BCUT2D eigenvalue weighted by atomic mass is 32.2. The molecule has 4 heteroatoms. The molecule has 1 rings (SSSR count). The summed E-state index contributed by atoms with van der Waals surface area (Å²) in [5, 5.41) is 1.85. The average Bonchev–Trinajstić information content (AvgIpc) is 2.53. The number of rotatable bonds is 3. The van der Waals surface area contributed by atoms with Crippen LogP contribution < -0.4 is 0 Å². The Labute approximate surface area is 99.0 Å². The molecule has 0 saturated carbocycles. The van der Waals surface area contributed by atoms with Crippen LogP contribution in [0.2, 0.25) is 0 Å². The van der Waals surface area contributed by atoms with Crippen molar-refractivity contribution >= 4 is 29.1 Å². The fourth-order valence-electron chi connectivity index (χ4n) is 0.938. The van der Waals surface area contributed by atoms with E-state index >= 15 is 0 Å². The van der Waals surface area contributed by atoms with Crippen molar-refractivity contribution in [3.8, 4) is 0 Å². The minimum Gasteiger partial charge on any atom is -0.459 e. The number of carbonyl (C=O) groups is 1. The molecule has 0 amide bonds. The molecular weight excluding hydrogens is 228 g/mol. The highest BCUT2D eigenvalue weighted by Crippen LogP contribution is 2.28. The molecule has 1 heterocycles. The number of hydrogen-bond acceptors (Lipinski definition) is 4. The maximum Gasteiger partial charge on any atom is 0.319 e. The van der Waals surface area contributed by atoms with E-state index in [0.717, 1.165) is 4.21 Å². The van der Waals surface area contributed by atoms with Crippen LogP contribution in [0.25, 0.3) is 0 Å². The van der Waals surface area contributed by atoms with Crippen LogP contribution in [0, 0.1) is 0 Å². The largest absolute Gasteiger partial charge is 0.459 e. The van der Waals surface area contributed by atoms with Crippen molar-refractivity contribution in [1.29, 1.82) is 0 Å². The quantitative estimate of drug-likeness (QED) is 0.600. The van der Waals surface area contributed by atoms with Gasteiger partial charge in [0.05, 0.1) is 4.21 Å². The molecule has 0 aliphatic rings. The summed E-state index contributed by atoms with van der Waals surface area (Å²) in [7, 11) is 0. The molecule has 0 radical (unpaired) electrons. The Balaban J connectivity index is 2.47. The lowest BCUT2D eigenvalue weighted by Crippen LogP contribution is -2.28. The van der Waals surface area contributed by atoms with E-state index in [-0.39, 0.29) is 11.2 Å². The van der Waals surface area contributed by atoms with Crippen molar-refractivity contribution in [2.45, 2.75) is 42.8 Å². The van der Waals surface area contributed by atoms with Gasteiger partial charge >= 0.3 is 5.97 Å². The van der Waals surface area contributed by atoms with Gasteiger partial charge < -0.3 is 4.74 Å². The Hall–Kier alpha value is -0.480. The molecule has 1 aromatic heterocycles. The second kappa shape index (κ2) is 5.03. The third-order valence-corrected chi connectivity index (χ3v) is 3.68. The zero-order valence-corrected chi connectivity index (χ0v) is 11.1. The standard InChI is InChI=1S/C11H16O2S2/c1-8(10(12)13-11(2,3)4)15-9-6-5-7-14-9/h5-8H,1-4H3. The minimum atomic E-state index is -0.401. The van der Waals surface area contributed by atoms with Crippen LogP contribution >= 0.6 is 23.1 Å². The van der Waals surface area contributed by atoms with Crippen LogP contribution in [-0.2, 0) is 9.53 Å². The zero-order chi connectivity index (χ0) is 11.5. The summed E-state index contributed by atoms with van der Waals surface area (Å²) in [5.41, 5.74) is -0.401. The van der Waals surface area contributed by atoms with Gasteiger partial charge in [-0.3, -0.25) is 4.79 Å². The maximum absolute atomic E-state index is 11.6. The lowest BCUT2D eigenvalue weighted by Gasteiger charge is -2.21. The number of thioether (sulfide) groups is 1. The van der Waals surface area contributed by atoms with Gasteiger partial charge in [0.1, 0.15) is 10.9 Å². The predicted molar refractivity (Wildman–Crippen MR) is 65.5 cm³/mol. The third kappa shape index (κ3) is 4.71. The number of carbonyl (C=O) groups excluding carboxylic acids is 1. The van der Waals surface area contributed by atoms with E-state index in [1.165, 1.54) is 0 Å². The summed E-state index contributed by atoms with van der Waals surface area (Å²) in [6.45, 7) is 7.52. The molecule has 0 N–H and O–H groups in total. The second-order valence-corrected chi connectivity index (χ2v) is 6.81. The van der Waals surface area contributed by atoms with Gasteiger partial charge in [0, 0.05) is 0 Å². The molecule has 0 aromatic carbocycles. The van der Waals surface area contributed by atoms with Crippen molar-refractivity contribution < 1.29 is 9.53 Å². The van der Waals surface area contributed by atoms with E-state index in [1.807, 2.05) is 45.2 Å². The van der Waals surface area contributed by atoms with E-state index in [4.69, 9.17) is 4.74 Å². The first-order valence-electron chi connectivity index (χ1n) is 4.81. The summed E-state index contributed by atoms with van der Waals surface area (Å²) in [5.74, 6) is -0.152.